The Labute approximate surface area is 473 Å². The molecule has 2 bridgehead atoms. The zero-order chi connectivity index (χ0) is 58.3. The molecule has 28 heteroatoms. The van der Waals surface area contributed by atoms with Crippen LogP contribution in [-0.4, -0.2) is 205 Å². The minimum atomic E-state index is -1.69. The zero-order valence-electron chi connectivity index (χ0n) is 45.1. The molecule has 2 fully saturated rings. The number of amides is 8. The van der Waals surface area contributed by atoms with E-state index in [0.29, 0.717) is 21.1 Å². The van der Waals surface area contributed by atoms with Crippen molar-refractivity contribution < 1.29 is 57.4 Å². The summed E-state index contributed by atoms with van der Waals surface area (Å²) in [6, 6.07) is -2.61. The van der Waals surface area contributed by atoms with Gasteiger partial charge in [0.2, 0.25) is 35.4 Å². The summed E-state index contributed by atoms with van der Waals surface area (Å²) >= 11 is 14.5. The first-order valence-corrected chi connectivity index (χ1v) is 27.9. The third-order valence-electron chi connectivity index (χ3n) is 13.3. The molecule has 2 aromatic heterocycles. The molecule has 2 saturated heterocycles. The van der Waals surface area contributed by atoms with Crippen molar-refractivity contribution in [1.82, 2.24) is 60.8 Å². The second-order valence-corrected chi connectivity index (χ2v) is 22.9. The second-order valence-electron chi connectivity index (χ2n) is 19.6. The number of cyclic esters (lactones) is 2. The molecule has 0 saturated carbocycles. The Morgan fingerprint density at radius 2 is 1.05 bits per heavy atom. The van der Waals surface area contributed by atoms with Crippen molar-refractivity contribution in [3.05, 3.63) is 70.2 Å². The van der Waals surface area contributed by atoms with Crippen LogP contribution in [0.3, 0.4) is 0 Å². The molecule has 9 atom stereocenters. The zero-order valence-corrected chi connectivity index (χ0v) is 48.3. The molecule has 2 aromatic carbocycles. The van der Waals surface area contributed by atoms with Gasteiger partial charge < -0.3 is 50.3 Å². The first-order chi connectivity index (χ1) is 37.2. The molecule has 4 aromatic rings. The minimum absolute atomic E-state index is 0.240. The summed E-state index contributed by atoms with van der Waals surface area (Å²) < 4.78 is 10.5. The number of ether oxygens (including phenoxy) is 2. The van der Waals surface area contributed by atoms with Crippen molar-refractivity contribution in [2.75, 3.05) is 53.4 Å². The van der Waals surface area contributed by atoms with Crippen LogP contribution in [-0.2, 0) is 47.8 Å². The van der Waals surface area contributed by atoms with Gasteiger partial charge in [0.15, 0.2) is 0 Å². The third-order valence-corrected chi connectivity index (χ3v) is 16.5. The number of carbonyl (C=O) groups is 10. The molecule has 424 valence electrons. The number of esters is 2. The van der Waals surface area contributed by atoms with Gasteiger partial charge in [-0.2, -0.15) is 0 Å². The molecule has 0 radical (unpaired) electrons. The fraction of sp³-hybridized carbons (Fsp3) is 0.490. The summed E-state index contributed by atoms with van der Waals surface area (Å²) in [5.74, 6) is -10.7. The fourth-order valence-electron chi connectivity index (χ4n) is 8.93. The second kappa shape index (κ2) is 26.4. The monoisotopic (exact) mass is 1170 g/mol. The number of benzene rings is 2. The molecule has 0 aliphatic carbocycles. The number of hydrogen-bond acceptors (Lipinski definition) is 18. The molecule has 2 aliphatic heterocycles. The molecule has 24 nitrogen and oxygen atoms in total. The van der Waals surface area contributed by atoms with Gasteiger partial charge in [-0.15, -0.1) is 23.5 Å². The smallest absolute Gasteiger partial charge is 0.329 e. The van der Waals surface area contributed by atoms with Gasteiger partial charge in [0.05, 0.1) is 39.0 Å². The van der Waals surface area contributed by atoms with E-state index in [4.69, 9.17) is 32.7 Å². The summed E-state index contributed by atoms with van der Waals surface area (Å²) in [6.07, 6.45) is 3.98. The predicted octanol–water partition coefficient (Wildman–Crippen LogP) is 1.94. The maximum atomic E-state index is 15.3. The first kappa shape index (κ1) is 61.3. The molecule has 8 amide bonds. The summed E-state index contributed by atoms with van der Waals surface area (Å²) in [5, 5.41) is 10.8. The van der Waals surface area contributed by atoms with E-state index in [-0.39, 0.29) is 28.2 Å². The SMILES string of the molecule is CSC1SCC2C(=O)N(C)C(C(C)C)C(=O)OCC(NC(=O)c3cnc4ccc(Cl)cc4n3)C(=O)NC(C)C(=O)N(C)C1C(=O)N(C)C(C(C)C)C(=O)OCC(NC(=O)c1cnc3ccc(Cl)cc3n1)C(=O)NC(C)C(=O)N2C. The molecule has 9 unspecified atom stereocenters. The Morgan fingerprint density at radius 1 is 0.633 bits per heavy atom. The van der Waals surface area contributed by atoms with Gasteiger partial charge in [-0.25, -0.2) is 19.6 Å². The van der Waals surface area contributed by atoms with Crippen LogP contribution in [0.25, 0.3) is 22.1 Å². The van der Waals surface area contributed by atoms with E-state index in [2.05, 4.69) is 41.2 Å². The summed E-state index contributed by atoms with van der Waals surface area (Å²) in [4.78, 5) is 166. The average Bonchev–Trinajstić information content (AvgIpc) is 3.45. The van der Waals surface area contributed by atoms with Gasteiger partial charge in [-0.1, -0.05) is 50.9 Å². The van der Waals surface area contributed by atoms with Crippen molar-refractivity contribution in [1.29, 1.82) is 0 Å². The molecule has 6 rings (SSSR count). The number of hydrogen-bond donors (Lipinski definition) is 4. The number of fused-ring (bicyclic) bond motifs is 6. The Morgan fingerprint density at radius 3 is 1.47 bits per heavy atom. The van der Waals surface area contributed by atoms with Crippen LogP contribution in [0.1, 0.15) is 62.5 Å². The lowest BCUT2D eigenvalue weighted by molar-refractivity contribution is -0.160. The van der Waals surface area contributed by atoms with E-state index in [1.807, 2.05) is 0 Å². The van der Waals surface area contributed by atoms with Gasteiger partial charge in [0, 0.05) is 44.0 Å². The maximum absolute atomic E-state index is 15.3. The van der Waals surface area contributed by atoms with Crippen molar-refractivity contribution in [2.45, 2.75) is 94.5 Å². The fourth-order valence-corrected chi connectivity index (χ4v) is 11.8. The van der Waals surface area contributed by atoms with Gasteiger partial charge in [-0.3, -0.25) is 48.3 Å². The van der Waals surface area contributed by atoms with Crippen LogP contribution in [0.2, 0.25) is 10.0 Å². The number of rotatable bonds is 7. The number of thioether (sulfide) groups is 2. The van der Waals surface area contributed by atoms with Crippen LogP contribution in [0.15, 0.2) is 48.8 Å². The van der Waals surface area contributed by atoms with Crippen LogP contribution in [0.5, 0.6) is 0 Å². The maximum Gasteiger partial charge on any atom is 0.329 e. The lowest BCUT2D eigenvalue weighted by Crippen LogP contribution is -2.60. The number of likely N-dealkylation sites (N-methyl/N-ethyl adjacent to an activating group) is 4. The van der Waals surface area contributed by atoms with Crippen LogP contribution < -0.4 is 21.3 Å². The average molecular weight is 1170 g/mol. The van der Waals surface area contributed by atoms with E-state index in [0.717, 1.165) is 43.1 Å². The highest BCUT2D eigenvalue weighted by Crippen LogP contribution is 2.32. The summed E-state index contributed by atoms with van der Waals surface area (Å²) in [6.45, 7) is 7.56. The Kier molecular flexibility index (Phi) is 20.5. The van der Waals surface area contributed by atoms with Crippen LogP contribution in [0.4, 0.5) is 0 Å². The Bertz CT molecular complexity index is 3050. The quantitative estimate of drug-likeness (QED) is 0.192. The molecule has 79 heavy (non-hydrogen) atoms. The van der Waals surface area contributed by atoms with E-state index < -0.39 is 137 Å². The Hall–Kier alpha value is -6.90. The molecule has 0 spiro atoms. The summed E-state index contributed by atoms with van der Waals surface area (Å²) in [7, 11) is 5.27. The third kappa shape index (κ3) is 14.3. The lowest BCUT2D eigenvalue weighted by atomic mass is 10.0. The number of nitrogens with zero attached hydrogens (tertiary/aromatic N) is 8. The number of carbonyl (C=O) groups excluding carboxylic acids is 10. The van der Waals surface area contributed by atoms with Crippen LogP contribution >= 0.6 is 46.7 Å². The van der Waals surface area contributed by atoms with E-state index in [1.54, 1.807) is 58.2 Å². The highest BCUT2D eigenvalue weighted by molar-refractivity contribution is 8.16. The van der Waals surface area contributed by atoms with Gasteiger partial charge in [-0.05, 0) is 68.3 Å². The number of aromatic nitrogens is 4. The van der Waals surface area contributed by atoms with Gasteiger partial charge in [0.1, 0.15) is 72.9 Å². The standard InChI is InChI=1S/C51H62Cl2N12O12S2/c1-23(2)38-49(74)76-20-36(61-42(67)34-19-55-30-15-13-28(53)17-32(30)59-34)44(69)57-26(6)46(71)65(10)40-48(73)64(9)39(24(3)4)50(75)77-21-35(60-41(66)33-18-54-29-14-12-27(52)16-31(29)58-33)43(68)56-25(5)45(70)62(7)37(47(72)63(38)8)22-79-51(40)78-11/h12-19,23-26,35-40,51H,20-22H2,1-11H3,(H,56,68)(H,57,69)(H,60,66)(H,61,67). The molecular formula is C51H62Cl2N12O12S2. The van der Waals surface area contributed by atoms with Crippen molar-refractivity contribution in [2.24, 2.45) is 11.8 Å². The van der Waals surface area contributed by atoms with Crippen molar-refractivity contribution >= 4 is 128 Å². The number of halogens is 2. The molecule has 4 heterocycles. The topological polar surface area (TPSA) is 302 Å². The predicted molar refractivity (Wildman–Crippen MR) is 294 cm³/mol. The van der Waals surface area contributed by atoms with Gasteiger partial charge in [0.25, 0.3) is 11.8 Å². The molecular weight excluding hydrogens is 1110 g/mol. The van der Waals surface area contributed by atoms with Crippen molar-refractivity contribution in [3.63, 3.8) is 0 Å². The normalized spacial score (nSPS) is 25.1. The highest BCUT2D eigenvalue weighted by atomic mass is 35.5. The summed E-state index contributed by atoms with van der Waals surface area (Å²) in [5.41, 5.74) is 0.871. The minimum Gasteiger partial charge on any atom is -0.461 e. The first-order valence-electron chi connectivity index (χ1n) is 24.9. The largest absolute Gasteiger partial charge is 0.461 e. The van der Waals surface area contributed by atoms with E-state index in [9.17, 15) is 38.4 Å². The van der Waals surface area contributed by atoms with E-state index in [1.165, 1.54) is 66.6 Å². The molecule has 2 aliphatic rings. The molecule has 4 N–H and O–H groups in total. The van der Waals surface area contributed by atoms with E-state index >= 15 is 9.59 Å². The van der Waals surface area contributed by atoms with Crippen LogP contribution in [0, 0.1) is 11.8 Å². The highest BCUT2D eigenvalue weighted by Gasteiger charge is 2.45. The number of nitrogens with one attached hydrogen (secondary N) is 4. The Balaban J connectivity index is 1.43. The van der Waals surface area contributed by atoms with Crippen molar-refractivity contribution in [3.8, 4) is 0 Å². The lowest BCUT2D eigenvalue weighted by Gasteiger charge is -2.40. The van der Waals surface area contributed by atoms with Gasteiger partial charge >= 0.3 is 11.9 Å².